The van der Waals surface area contributed by atoms with Gasteiger partial charge in [0, 0.05) is 19.1 Å². The van der Waals surface area contributed by atoms with Crippen molar-refractivity contribution in [3.63, 3.8) is 0 Å². The number of nitrogens with one attached hydrogen (secondary N) is 2. The SMILES string of the molecule is Cl.NC1C2CCC(C2)C1C(=O)NCCNC(=O)c1c(F)cccc1F. The fraction of sp³-hybridized carbons (Fsp3) is 0.529. The van der Waals surface area contributed by atoms with Gasteiger partial charge < -0.3 is 16.4 Å². The van der Waals surface area contributed by atoms with Crippen LogP contribution in [-0.2, 0) is 4.79 Å². The van der Waals surface area contributed by atoms with Crippen LogP contribution in [0.5, 0.6) is 0 Å². The lowest BCUT2D eigenvalue weighted by molar-refractivity contribution is -0.127. The first kappa shape index (κ1) is 19.6. The maximum absolute atomic E-state index is 13.5. The van der Waals surface area contributed by atoms with Crippen LogP contribution in [0.3, 0.4) is 0 Å². The van der Waals surface area contributed by atoms with Crippen molar-refractivity contribution >= 4 is 24.2 Å². The highest BCUT2D eigenvalue weighted by Gasteiger charge is 2.48. The van der Waals surface area contributed by atoms with E-state index in [-0.39, 0.29) is 43.4 Å². The van der Waals surface area contributed by atoms with Crippen molar-refractivity contribution in [3.8, 4) is 0 Å². The Balaban J connectivity index is 0.00000225. The molecule has 5 nitrogen and oxygen atoms in total. The Morgan fingerprint density at radius 3 is 2.28 bits per heavy atom. The molecular weight excluding hydrogens is 352 g/mol. The van der Waals surface area contributed by atoms with Crippen molar-refractivity contribution < 1.29 is 18.4 Å². The van der Waals surface area contributed by atoms with E-state index in [0.29, 0.717) is 11.8 Å². The van der Waals surface area contributed by atoms with Gasteiger partial charge in [0.05, 0.1) is 5.92 Å². The van der Waals surface area contributed by atoms with Crippen molar-refractivity contribution in [2.45, 2.75) is 25.3 Å². The van der Waals surface area contributed by atoms with E-state index >= 15 is 0 Å². The normalized spacial score (nSPS) is 26.8. The van der Waals surface area contributed by atoms with Crippen LogP contribution in [0.25, 0.3) is 0 Å². The van der Waals surface area contributed by atoms with Crippen LogP contribution in [0, 0.1) is 29.4 Å². The summed E-state index contributed by atoms with van der Waals surface area (Å²) < 4.78 is 27.0. The highest BCUT2D eigenvalue weighted by molar-refractivity contribution is 5.94. The fourth-order valence-electron chi connectivity index (χ4n) is 4.01. The molecular formula is C17H22ClF2N3O2. The number of nitrogens with two attached hydrogens (primary N) is 1. The van der Waals surface area contributed by atoms with E-state index in [2.05, 4.69) is 10.6 Å². The molecule has 3 rings (SSSR count). The standard InChI is InChI=1S/C17H21F2N3O2.ClH/c18-11-2-1-3-12(19)14(11)17(24)22-7-6-21-16(23)13-9-4-5-10(8-9)15(13)20;/h1-3,9-10,13,15H,4-8,20H2,(H,21,23)(H,22,24);1H. The smallest absolute Gasteiger partial charge is 0.257 e. The van der Waals surface area contributed by atoms with Gasteiger partial charge in [-0.1, -0.05) is 6.07 Å². The van der Waals surface area contributed by atoms with Gasteiger partial charge in [0.1, 0.15) is 17.2 Å². The number of hydrogen-bond donors (Lipinski definition) is 3. The van der Waals surface area contributed by atoms with Gasteiger partial charge in [-0.2, -0.15) is 0 Å². The molecule has 2 aliphatic rings. The van der Waals surface area contributed by atoms with Gasteiger partial charge in [-0.3, -0.25) is 9.59 Å². The van der Waals surface area contributed by atoms with Gasteiger partial charge in [-0.25, -0.2) is 8.78 Å². The van der Waals surface area contributed by atoms with Crippen LogP contribution in [0.1, 0.15) is 29.6 Å². The number of benzene rings is 1. The first-order valence-corrected chi connectivity index (χ1v) is 8.24. The van der Waals surface area contributed by atoms with Crippen LogP contribution in [0.4, 0.5) is 8.78 Å². The largest absolute Gasteiger partial charge is 0.354 e. The van der Waals surface area contributed by atoms with Gasteiger partial charge in [0.25, 0.3) is 5.91 Å². The van der Waals surface area contributed by atoms with E-state index < -0.39 is 23.1 Å². The van der Waals surface area contributed by atoms with Gasteiger partial charge >= 0.3 is 0 Å². The summed E-state index contributed by atoms with van der Waals surface area (Å²) in [5, 5.41) is 5.16. The summed E-state index contributed by atoms with van der Waals surface area (Å²) >= 11 is 0. The zero-order chi connectivity index (χ0) is 17.3. The van der Waals surface area contributed by atoms with Crippen LogP contribution in [0.15, 0.2) is 18.2 Å². The molecule has 4 unspecified atom stereocenters. The van der Waals surface area contributed by atoms with Crippen LogP contribution in [0.2, 0.25) is 0 Å². The Hall–Kier alpha value is -1.73. The summed E-state index contributed by atoms with van der Waals surface area (Å²) in [5.74, 6) is -2.13. The molecule has 8 heteroatoms. The molecule has 138 valence electrons. The molecule has 0 spiro atoms. The molecule has 2 bridgehead atoms. The second kappa shape index (κ2) is 8.10. The molecule has 1 aromatic carbocycles. The van der Waals surface area contributed by atoms with Crippen molar-refractivity contribution in [1.82, 2.24) is 10.6 Å². The third-order valence-electron chi connectivity index (χ3n) is 5.18. The number of halogens is 3. The van der Waals surface area contributed by atoms with Crippen molar-refractivity contribution in [1.29, 1.82) is 0 Å². The Morgan fingerprint density at radius 1 is 1.08 bits per heavy atom. The Kier molecular flexibility index (Phi) is 6.35. The molecule has 2 aliphatic carbocycles. The average Bonchev–Trinajstić information content (AvgIpc) is 3.12. The van der Waals surface area contributed by atoms with Gasteiger partial charge in [0.2, 0.25) is 5.91 Å². The molecule has 4 N–H and O–H groups in total. The summed E-state index contributed by atoms with van der Waals surface area (Å²) in [6.45, 7) is 0.287. The van der Waals surface area contributed by atoms with E-state index in [1.807, 2.05) is 0 Å². The molecule has 0 aromatic heterocycles. The van der Waals surface area contributed by atoms with Crippen LogP contribution in [-0.4, -0.2) is 30.9 Å². The first-order chi connectivity index (χ1) is 11.5. The highest BCUT2D eigenvalue weighted by atomic mass is 35.5. The number of fused-ring (bicyclic) bond motifs is 2. The minimum Gasteiger partial charge on any atom is -0.354 e. The molecule has 1 aromatic rings. The molecule has 2 saturated carbocycles. The molecule has 0 aliphatic heterocycles. The summed E-state index contributed by atoms with van der Waals surface area (Å²) in [6, 6.07) is 3.15. The lowest BCUT2D eigenvalue weighted by atomic mass is 9.84. The summed E-state index contributed by atoms with van der Waals surface area (Å²) in [6.07, 6.45) is 3.15. The predicted octanol–water partition coefficient (Wildman–Crippen LogP) is 1.61. The first-order valence-electron chi connectivity index (χ1n) is 8.24. The Labute approximate surface area is 151 Å². The molecule has 0 radical (unpaired) electrons. The summed E-state index contributed by atoms with van der Waals surface area (Å²) in [5.41, 5.74) is 5.50. The quantitative estimate of drug-likeness (QED) is 0.685. The topological polar surface area (TPSA) is 84.2 Å². The minimum absolute atomic E-state index is 0. The van der Waals surface area contributed by atoms with Gasteiger partial charge in [0.15, 0.2) is 0 Å². The molecule has 25 heavy (non-hydrogen) atoms. The Bertz CT molecular complexity index is 637. The Morgan fingerprint density at radius 2 is 1.68 bits per heavy atom. The van der Waals surface area contributed by atoms with Gasteiger partial charge in [-0.15, -0.1) is 12.4 Å². The van der Waals surface area contributed by atoms with E-state index in [1.165, 1.54) is 6.07 Å². The number of carbonyl (C=O) groups is 2. The van der Waals surface area contributed by atoms with E-state index in [1.54, 1.807) is 0 Å². The molecule has 4 atom stereocenters. The lowest BCUT2D eigenvalue weighted by Crippen LogP contribution is -2.46. The van der Waals surface area contributed by atoms with Crippen LogP contribution < -0.4 is 16.4 Å². The minimum atomic E-state index is -0.913. The zero-order valence-electron chi connectivity index (χ0n) is 13.6. The maximum Gasteiger partial charge on any atom is 0.257 e. The van der Waals surface area contributed by atoms with Crippen molar-refractivity contribution in [3.05, 3.63) is 35.4 Å². The molecule has 0 saturated heterocycles. The number of rotatable bonds is 5. The van der Waals surface area contributed by atoms with E-state index in [0.717, 1.165) is 31.4 Å². The second-order valence-electron chi connectivity index (χ2n) is 6.58. The fourth-order valence-corrected chi connectivity index (χ4v) is 4.01. The summed E-state index contributed by atoms with van der Waals surface area (Å²) in [4.78, 5) is 24.1. The monoisotopic (exact) mass is 373 g/mol. The molecule has 2 fully saturated rings. The second-order valence-corrected chi connectivity index (χ2v) is 6.58. The lowest BCUT2D eigenvalue weighted by Gasteiger charge is -2.27. The predicted molar refractivity (Wildman–Crippen MR) is 91.2 cm³/mol. The number of amides is 2. The maximum atomic E-state index is 13.5. The van der Waals surface area contributed by atoms with E-state index in [4.69, 9.17) is 5.73 Å². The van der Waals surface area contributed by atoms with E-state index in [9.17, 15) is 18.4 Å². The molecule has 2 amide bonds. The van der Waals surface area contributed by atoms with Crippen molar-refractivity contribution in [2.24, 2.45) is 23.5 Å². The van der Waals surface area contributed by atoms with Crippen molar-refractivity contribution in [2.75, 3.05) is 13.1 Å². The summed E-state index contributed by atoms with van der Waals surface area (Å²) in [7, 11) is 0. The zero-order valence-corrected chi connectivity index (χ0v) is 14.5. The van der Waals surface area contributed by atoms with Gasteiger partial charge in [-0.05, 0) is 43.2 Å². The molecule has 0 heterocycles. The highest BCUT2D eigenvalue weighted by Crippen LogP contribution is 2.47. The average molecular weight is 374 g/mol. The third-order valence-corrected chi connectivity index (χ3v) is 5.18. The third kappa shape index (κ3) is 3.93. The number of hydrogen-bond acceptors (Lipinski definition) is 3. The van der Waals surface area contributed by atoms with Crippen LogP contribution >= 0.6 is 12.4 Å². The number of carbonyl (C=O) groups excluding carboxylic acids is 2.